The Bertz CT molecular complexity index is 1160. The first-order chi connectivity index (χ1) is 16.1. The van der Waals surface area contributed by atoms with Crippen molar-refractivity contribution < 1.29 is 20.1 Å². The first-order valence-electron chi connectivity index (χ1n) is 11.3. The minimum atomic E-state index is -1.21. The maximum absolute atomic E-state index is 10.3. The SMILES string of the molecule is OC[C@H]1O[C@@H](n2cnc3c(NCc4ccc(C#CC5CCCC5)cc4)ncnc32)[C@H](O)[C@@H]1O. The number of aliphatic hydroxyl groups is 3. The summed E-state index contributed by atoms with van der Waals surface area (Å²) in [6.45, 7) is 0.150. The molecule has 1 saturated carbocycles. The molecule has 9 nitrogen and oxygen atoms in total. The molecule has 2 aliphatic rings. The first kappa shape index (κ1) is 21.8. The third kappa shape index (κ3) is 4.43. The lowest BCUT2D eigenvalue weighted by atomic mass is 10.1. The van der Waals surface area contributed by atoms with E-state index in [-0.39, 0.29) is 0 Å². The lowest BCUT2D eigenvalue weighted by Gasteiger charge is -2.16. The van der Waals surface area contributed by atoms with Gasteiger partial charge in [0.1, 0.15) is 24.6 Å². The van der Waals surface area contributed by atoms with Crippen LogP contribution >= 0.6 is 0 Å². The van der Waals surface area contributed by atoms with Gasteiger partial charge in [-0.2, -0.15) is 0 Å². The molecule has 2 aromatic heterocycles. The lowest BCUT2D eigenvalue weighted by Crippen LogP contribution is -2.33. The van der Waals surface area contributed by atoms with Crippen molar-refractivity contribution >= 4 is 17.0 Å². The Morgan fingerprint density at radius 1 is 1.06 bits per heavy atom. The second-order valence-electron chi connectivity index (χ2n) is 8.58. The summed E-state index contributed by atoms with van der Waals surface area (Å²) in [6.07, 6.45) is 3.74. The van der Waals surface area contributed by atoms with E-state index in [2.05, 4.69) is 32.1 Å². The number of rotatable bonds is 5. The van der Waals surface area contributed by atoms with Crippen molar-refractivity contribution in [1.82, 2.24) is 19.5 Å². The summed E-state index contributed by atoms with van der Waals surface area (Å²) in [6, 6.07) is 8.15. The first-order valence-corrected chi connectivity index (χ1v) is 11.3. The van der Waals surface area contributed by atoms with E-state index in [1.165, 1.54) is 38.3 Å². The van der Waals surface area contributed by atoms with Crippen LogP contribution in [-0.4, -0.2) is 59.8 Å². The number of anilines is 1. The van der Waals surface area contributed by atoms with E-state index in [9.17, 15) is 15.3 Å². The molecule has 4 atom stereocenters. The van der Waals surface area contributed by atoms with Crippen LogP contribution in [0.2, 0.25) is 0 Å². The fourth-order valence-corrected chi connectivity index (χ4v) is 4.42. The number of nitrogens with one attached hydrogen (secondary N) is 1. The van der Waals surface area contributed by atoms with Crippen molar-refractivity contribution in [2.24, 2.45) is 5.92 Å². The van der Waals surface area contributed by atoms with Crippen LogP contribution in [0.3, 0.4) is 0 Å². The summed E-state index contributed by atoms with van der Waals surface area (Å²) in [5.41, 5.74) is 3.08. The van der Waals surface area contributed by atoms with Crippen LogP contribution in [0.5, 0.6) is 0 Å². The van der Waals surface area contributed by atoms with Crippen LogP contribution in [0.25, 0.3) is 11.2 Å². The van der Waals surface area contributed by atoms with E-state index >= 15 is 0 Å². The van der Waals surface area contributed by atoms with Crippen LogP contribution in [0.15, 0.2) is 36.9 Å². The molecular formula is C24H27N5O4. The van der Waals surface area contributed by atoms with Gasteiger partial charge in [0.15, 0.2) is 23.2 Å². The molecule has 33 heavy (non-hydrogen) atoms. The summed E-state index contributed by atoms with van der Waals surface area (Å²) in [5, 5.41) is 33.0. The summed E-state index contributed by atoms with van der Waals surface area (Å²) < 4.78 is 7.15. The third-order valence-electron chi connectivity index (χ3n) is 6.34. The van der Waals surface area contributed by atoms with Gasteiger partial charge in [-0.1, -0.05) is 36.8 Å². The number of hydrogen-bond donors (Lipinski definition) is 4. The maximum Gasteiger partial charge on any atom is 0.167 e. The Balaban J connectivity index is 1.28. The largest absolute Gasteiger partial charge is 0.394 e. The van der Waals surface area contributed by atoms with Gasteiger partial charge in [-0.3, -0.25) is 4.57 Å². The Hall–Kier alpha value is -3.03. The highest BCUT2D eigenvalue weighted by Gasteiger charge is 2.44. The van der Waals surface area contributed by atoms with Crippen LogP contribution in [-0.2, 0) is 11.3 Å². The van der Waals surface area contributed by atoms with Crippen LogP contribution in [0.4, 0.5) is 5.82 Å². The molecule has 5 rings (SSSR count). The molecule has 1 aromatic carbocycles. The van der Waals surface area contributed by atoms with Crippen molar-refractivity contribution in [1.29, 1.82) is 0 Å². The second-order valence-corrected chi connectivity index (χ2v) is 8.58. The minimum Gasteiger partial charge on any atom is -0.394 e. The highest BCUT2D eigenvalue weighted by Crippen LogP contribution is 2.32. The highest BCUT2D eigenvalue weighted by atomic mass is 16.6. The fraction of sp³-hybridized carbons (Fsp3) is 0.458. The summed E-state index contributed by atoms with van der Waals surface area (Å²) in [4.78, 5) is 13.0. The highest BCUT2D eigenvalue weighted by molar-refractivity contribution is 5.82. The van der Waals surface area contributed by atoms with Gasteiger partial charge < -0.3 is 25.4 Å². The van der Waals surface area contributed by atoms with Crippen molar-refractivity contribution in [2.75, 3.05) is 11.9 Å². The fourth-order valence-electron chi connectivity index (χ4n) is 4.42. The van der Waals surface area contributed by atoms with Crippen molar-refractivity contribution in [2.45, 2.75) is 56.8 Å². The number of benzene rings is 1. The van der Waals surface area contributed by atoms with Gasteiger partial charge in [0.05, 0.1) is 12.9 Å². The summed E-state index contributed by atoms with van der Waals surface area (Å²) in [7, 11) is 0. The third-order valence-corrected chi connectivity index (χ3v) is 6.34. The van der Waals surface area contributed by atoms with E-state index in [4.69, 9.17) is 4.74 Å². The van der Waals surface area contributed by atoms with E-state index in [0.717, 1.165) is 11.1 Å². The number of nitrogens with zero attached hydrogens (tertiary/aromatic N) is 4. The molecule has 0 amide bonds. The molecule has 3 aromatic rings. The van der Waals surface area contributed by atoms with Crippen molar-refractivity contribution in [3.63, 3.8) is 0 Å². The van der Waals surface area contributed by atoms with E-state index < -0.39 is 31.1 Å². The zero-order chi connectivity index (χ0) is 22.8. The van der Waals surface area contributed by atoms with Crippen LogP contribution in [0.1, 0.15) is 43.0 Å². The maximum atomic E-state index is 10.3. The molecular weight excluding hydrogens is 422 g/mol. The summed E-state index contributed by atoms with van der Waals surface area (Å²) in [5.74, 6) is 7.76. The predicted octanol–water partition coefficient (Wildman–Crippen LogP) is 1.59. The van der Waals surface area contributed by atoms with Gasteiger partial charge in [0, 0.05) is 18.0 Å². The normalized spacial score (nSPS) is 25.3. The van der Waals surface area contributed by atoms with Gasteiger partial charge >= 0.3 is 0 Å². The zero-order valence-electron chi connectivity index (χ0n) is 18.1. The number of imidazole rings is 1. The molecule has 0 radical (unpaired) electrons. The van der Waals surface area contributed by atoms with E-state index in [0.29, 0.717) is 29.4 Å². The summed E-state index contributed by atoms with van der Waals surface area (Å²) >= 11 is 0. The van der Waals surface area contributed by atoms with Gasteiger partial charge in [0.2, 0.25) is 0 Å². The number of hydrogen-bond acceptors (Lipinski definition) is 8. The predicted molar refractivity (Wildman–Crippen MR) is 121 cm³/mol. The second kappa shape index (κ2) is 9.45. The molecule has 0 bridgehead atoms. The molecule has 0 spiro atoms. The molecule has 1 aliphatic heterocycles. The van der Waals surface area contributed by atoms with Gasteiger partial charge in [-0.05, 0) is 30.5 Å². The van der Waals surface area contributed by atoms with E-state index in [1.807, 2.05) is 24.3 Å². The Morgan fingerprint density at radius 3 is 2.58 bits per heavy atom. The molecule has 1 aliphatic carbocycles. The molecule has 9 heteroatoms. The average molecular weight is 450 g/mol. The molecule has 1 saturated heterocycles. The van der Waals surface area contributed by atoms with Gasteiger partial charge in [-0.25, -0.2) is 15.0 Å². The molecule has 2 fully saturated rings. The quantitative estimate of drug-likeness (QED) is 0.433. The monoisotopic (exact) mass is 449 g/mol. The van der Waals surface area contributed by atoms with E-state index in [1.54, 1.807) is 4.57 Å². The lowest BCUT2D eigenvalue weighted by molar-refractivity contribution is -0.0511. The number of fused-ring (bicyclic) bond motifs is 1. The molecule has 172 valence electrons. The van der Waals surface area contributed by atoms with Gasteiger partial charge in [0.25, 0.3) is 0 Å². The number of aliphatic hydroxyl groups excluding tert-OH is 3. The van der Waals surface area contributed by atoms with Crippen LogP contribution < -0.4 is 5.32 Å². The van der Waals surface area contributed by atoms with Gasteiger partial charge in [-0.15, -0.1) is 0 Å². The smallest absolute Gasteiger partial charge is 0.167 e. The molecule has 3 heterocycles. The van der Waals surface area contributed by atoms with Crippen LogP contribution in [0, 0.1) is 17.8 Å². The topological polar surface area (TPSA) is 126 Å². The average Bonchev–Trinajstić information content (AvgIpc) is 3.58. The van der Waals surface area contributed by atoms with Crippen molar-refractivity contribution in [3.8, 4) is 11.8 Å². The zero-order valence-corrected chi connectivity index (χ0v) is 18.1. The Kier molecular flexibility index (Phi) is 6.24. The van der Waals surface area contributed by atoms with Crippen molar-refractivity contribution in [3.05, 3.63) is 48.0 Å². The number of ether oxygens (including phenoxy) is 1. The molecule has 0 unspecified atom stereocenters. The number of aromatic nitrogens is 4. The Morgan fingerprint density at radius 2 is 1.85 bits per heavy atom. The minimum absolute atomic E-state index is 0.395. The molecule has 4 N–H and O–H groups in total. The Labute approximate surface area is 191 Å². The standard InChI is InChI=1S/C24H27N5O4/c30-12-18-20(31)21(32)24(33-18)29-14-28-19-22(26-13-27-23(19)29)25-11-17-9-7-16(8-10-17)6-5-15-3-1-2-4-15/h7-10,13-15,18,20-21,24,30-32H,1-4,11-12H2,(H,25,26,27)/t18-,20-,21-,24-/m1/s1.